The van der Waals surface area contributed by atoms with Crippen LogP contribution in [-0.4, -0.2) is 29.1 Å². The van der Waals surface area contributed by atoms with Crippen molar-refractivity contribution >= 4 is 39.7 Å². The van der Waals surface area contributed by atoms with E-state index in [0.717, 1.165) is 22.1 Å². The molecule has 0 saturated heterocycles. The molecule has 1 aromatic carbocycles. The highest BCUT2D eigenvalue weighted by molar-refractivity contribution is 6.28. The second kappa shape index (κ2) is 7.66. The van der Waals surface area contributed by atoms with Crippen molar-refractivity contribution in [3.05, 3.63) is 72.7 Å². The highest BCUT2D eigenvalue weighted by Crippen LogP contribution is 2.22. The average Bonchev–Trinajstić information content (AvgIpc) is 3.39. The van der Waals surface area contributed by atoms with E-state index in [4.69, 9.17) is 11.6 Å². The summed E-state index contributed by atoms with van der Waals surface area (Å²) in [5.74, 6) is 1.24. The lowest BCUT2D eigenvalue weighted by molar-refractivity contribution is 0.907. The first-order valence-electron chi connectivity index (χ1n) is 8.93. The van der Waals surface area contributed by atoms with Crippen molar-refractivity contribution in [2.45, 2.75) is 13.8 Å². The molecule has 0 aliphatic carbocycles. The van der Waals surface area contributed by atoms with Crippen LogP contribution in [0.5, 0.6) is 0 Å². The fraction of sp³-hybridized carbons (Fsp3) is 0.100. The van der Waals surface area contributed by atoms with Crippen molar-refractivity contribution in [3.8, 4) is 5.69 Å². The molecule has 5 aromatic rings. The maximum Gasteiger partial charge on any atom is 0.243 e. The molecule has 0 atom stereocenters. The van der Waals surface area contributed by atoms with Crippen LogP contribution in [0.2, 0.25) is 5.28 Å². The molecule has 140 valence electrons. The Hall–Kier alpha value is -3.45. The molecule has 0 aliphatic heterocycles. The van der Waals surface area contributed by atoms with Crippen LogP contribution in [0.15, 0.2) is 67.4 Å². The normalized spacial score (nSPS) is 10.7. The van der Waals surface area contributed by atoms with Crippen molar-refractivity contribution in [1.82, 2.24) is 29.1 Å². The molecule has 0 radical (unpaired) electrons. The Bertz CT molecular complexity index is 1240. The van der Waals surface area contributed by atoms with Crippen molar-refractivity contribution in [3.63, 3.8) is 0 Å². The molecule has 7 nitrogen and oxygen atoms in total. The van der Waals surface area contributed by atoms with E-state index in [0.29, 0.717) is 11.6 Å². The molecule has 0 aliphatic rings. The number of halogens is 1. The first-order valence-corrected chi connectivity index (χ1v) is 9.31. The molecule has 4 heterocycles. The van der Waals surface area contributed by atoms with Crippen LogP contribution < -0.4 is 5.32 Å². The van der Waals surface area contributed by atoms with Crippen LogP contribution in [0.3, 0.4) is 0 Å². The van der Waals surface area contributed by atoms with Crippen molar-refractivity contribution < 1.29 is 0 Å². The summed E-state index contributed by atoms with van der Waals surface area (Å²) in [6, 6.07) is 13.9. The number of fused-ring (bicyclic) bond motifs is 2. The zero-order chi connectivity index (χ0) is 19.5. The van der Waals surface area contributed by atoms with Crippen molar-refractivity contribution in [2.24, 2.45) is 0 Å². The minimum atomic E-state index is 0.161. The van der Waals surface area contributed by atoms with Gasteiger partial charge in [0.15, 0.2) is 5.82 Å². The quantitative estimate of drug-likeness (QED) is 0.474. The number of para-hydroxylation sites is 1. The molecule has 0 unspecified atom stereocenters. The molecule has 8 heteroatoms. The van der Waals surface area contributed by atoms with Gasteiger partial charge in [-0.25, -0.2) is 9.50 Å². The lowest BCUT2D eigenvalue weighted by atomic mass is 10.2. The van der Waals surface area contributed by atoms with E-state index in [2.05, 4.69) is 31.4 Å². The summed E-state index contributed by atoms with van der Waals surface area (Å²) in [6.45, 7) is 4.00. The first-order chi connectivity index (χ1) is 13.8. The van der Waals surface area contributed by atoms with Gasteiger partial charge in [-0.05, 0) is 35.9 Å². The molecule has 5 rings (SSSR count). The Labute approximate surface area is 166 Å². The number of benzene rings is 1. The van der Waals surface area contributed by atoms with E-state index in [1.54, 1.807) is 10.8 Å². The number of rotatable bonds is 3. The molecule has 4 aromatic heterocycles. The monoisotopic (exact) mass is 391 g/mol. The van der Waals surface area contributed by atoms with Crippen molar-refractivity contribution in [1.29, 1.82) is 0 Å². The number of anilines is 2. The zero-order valence-corrected chi connectivity index (χ0v) is 16.2. The standard InChI is InChI=1S/C18H12ClN7.C2H6/c19-18-23-17(15-6-3-7-26(15)24-18)22-16-10-25(11-21-16)13-8-12-4-1-2-5-14(12)20-9-13;1-2/h1-11H,(H,22,23,24);1-2H3. The number of imidazole rings is 1. The van der Waals surface area contributed by atoms with Gasteiger partial charge >= 0.3 is 0 Å². The second-order valence-corrected chi connectivity index (χ2v) is 6.08. The lowest BCUT2D eigenvalue weighted by Gasteiger charge is -2.05. The summed E-state index contributed by atoms with van der Waals surface area (Å²) in [7, 11) is 0. The maximum absolute atomic E-state index is 5.99. The minimum Gasteiger partial charge on any atom is -0.322 e. The van der Waals surface area contributed by atoms with Gasteiger partial charge in [0.25, 0.3) is 0 Å². The van der Waals surface area contributed by atoms with Gasteiger partial charge in [0.05, 0.1) is 23.6 Å². The van der Waals surface area contributed by atoms with Gasteiger partial charge in [-0.15, -0.1) is 5.10 Å². The SMILES string of the molecule is CC.Clc1nc(Nc2cn(-c3cnc4ccccc4c3)cn2)c2cccn2n1. The van der Waals surface area contributed by atoms with Gasteiger partial charge in [-0.3, -0.25) is 4.98 Å². The van der Waals surface area contributed by atoms with E-state index < -0.39 is 0 Å². The number of aromatic nitrogens is 6. The predicted molar refractivity (Wildman–Crippen MR) is 111 cm³/mol. The molecule has 0 bridgehead atoms. The average molecular weight is 392 g/mol. The third-order valence-corrected chi connectivity index (χ3v) is 4.23. The summed E-state index contributed by atoms with van der Waals surface area (Å²) in [5.41, 5.74) is 2.70. The molecule has 0 spiro atoms. The lowest BCUT2D eigenvalue weighted by Crippen LogP contribution is -2.01. The van der Waals surface area contributed by atoms with Crippen LogP contribution >= 0.6 is 11.6 Å². The number of pyridine rings is 1. The molecule has 0 saturated carbocycles. The molecule has 0 amide bonds. The van der Waals surface area contributed by atoms with Gasteiger partial charge in [-0.1, -0.05) is 32.0 Å². The molecule has 0 fully saturated rings. The molecular weight excluding hydrogens is 374 g/mol. The highest BCUT2D eigenvalue weighted by atomic mass is 35.5. The minimum absolute atomic E-state index is 0.161. The van der Waals surface area contributed by atoms with Gasteiger partial charge in [0.1, 0.15) is 17.7 Å². The Kier molecular flexibility index (Phi) is 4.90. The highest BCUT2D eigenvalue weighted by Gasteiger charge is 2.09. The first kappa shape index (κ1) is 17.9. The maximum atomic E-state index is 5.99. The van der Waals surface area contributed by atoms with E-state index in [-0.39, 0.29) is 5.28 Å². The summed E-state index contributed by atoms with van der Waals surface area (Å²) >= 11 is 5.99. The number of nitrogens with one attached hydrogen (secondary N) is 1. The number of nitrogens with zero attached hydrogens (tertiary/aromatic N) is 6. The Balaban J connectivity index is 0.000000932. The van der Waals surface area contributed by atoms with Crippen LogP contribution in [-0.2, 0) is 0 Å². The van der Waals surface area contributed by atoms with E-state index in [9.17, 15) is 0 Å². The van der Waals surface area contributed by atoms with Crippen LogP contribution in [0.4, 0.5) is 11.6 Å². The molecular formula is C20H18ClN7. The van der Waals surface area contributed by atoms with E-state index >= 15 is 0 Å². The van der Waals surface area contributed by atoms with Crippen LogP contribution in [0.25, 0.3) is 22.1 Å². The fourth-order valence-electron chi connectivity index (χ4n) is 2.85. The number of hydrogen-bond donors (Lipinski definition) is 1. The third-order valence-electron chi connectivity index (χ3n) is 4.07. The van der Waals surface area contributed by atoms with Gasteiger partial charge in [0, 0.05) is 11.6 Å². The summed E-state index contributed by atoms with van der Waals surface area (Å²) in [6.07, 6.45) is 7.24. The largest absolute Gasteiger partial charge is 0.322 e. The fourth-order valence-corrected chi connectivity index (χ4v) is 3.02. The summed E-state index contributed by atoms with van der Waals surface area (Å²) in [4.78, 5) is 13.1. The van der Waals surface area contributed by atoms with E-state index in [1.165, 1.54) is 0 Å². The molecule has 1 N–H and O–H groups in total. The molecule has 28 heavy (non-hydrogen) atoms. The summed E-state index contributed by atoms with van der Waals surface area (Å²) < 4.78 is 3.57. The van der Waals surface area contributed by atoms with Crippen molar-refractivity contribution in [2.75, 3.05) is 5.32 Å². The second-order valence-electron chi connectivity index (χ2n) is 5.74. The summed E-state index contributed by atoms with van der Waals surface area (Å²) in [5, 5.41) is 8.55. The van der Waals surface area contributed by atoms with Crippen LogP contribution in [0, 0.1) is 0 Å². The smallest absolute Gasteiger partial charge is 0.243 e. The Morgan fingerprint density at radius 1 is 1.04 bits per heavy atom. The Morgan fingerprint density at radius 2 is 1.89 bits per heavy atom. The van der Waals surface area contributed by atoms with Gasteiger partial charge < -0.3 is 9.88 Å². The zero-order valence-electron chi connectivity index (χ0n) is 15.4. The predicted octanol–water partition coefficient (Wildman–Crippen LogP) is 4.89. The van der Waals surface area contributed by atoms with Crippen LogP contribution in [0.1, 0.15) is 13.8 Å². The van der Waals surface area contributed by atoms with Gasteiger partial charge in [0.2, 0.25) is 5.28 Å². The number of hydrogen-bond acceptors (Lipinski definition) is 5. The Morgan fingerprint density at radius 3 is 2.79 bits per heavy atom. The van der Waals surface area contributed by atoms with E-state index in [1.807, 2.05) is 73.4 Å². The topological polar surface area (TPSA) is 72.9 Å². The van der Waals surface area contributed by atoms with Gasteiger partial charge in [-0.2, -0.15) is 4.98 Å². The third kappa shape index (κ3) is 3.39.